The van der Waals surface area contributed by atoms with E-state index in [-0.39, 0.29) is 0 Å². The summed E-state index contributed by atoms with van der Waals surface area (Å²) in [6.07, 6.45) is 6.07. The molecule has 1 aromatic carbocycles. The lowest BCUT2D eigenvalue weighted by Gasteiger charge is -2.09. The van der Waals surface area contributed by atoms with Crippen molar-refractivity contribution in [2.75, 3.05) is 20.1 Å². The zero-order valence-corrected chi connectivity index (χ0v) is 10.6. The Morgan fingerprint density at radius 3 is 2.65 bits per heavy atom. The Labute approximate surface area is 107 Å². The van der Waals surface area contributed by atoms with Crippen molar-refractivity contribution in [2.45, 2.75) is 6.42 Å². The summed E-state index contributed by atoms with van der Waals surface area (Å²) in [6.45, 7) is 1.27. The van der Waals surface area contributed by atoms with E-state index < -0.39 is 0 Å². The summed E-state index contributed by atoms with van der Waals surface area (Å²) < 4.78 is 0. The van der Waals surface area contributed by atoms with Crippen molar-refractivity contribution in [1.82, 2.24) is 10.6 Å². The maximum Gasteiger partial charge on any atom is 0.191 e. The monoisotopic (exact) mass is 249 g/mol. The van der Waals surface area contributed by atoms with Gasteiger partial charge in [-0.1, -0.05) is 29.7 Å². The fraction of sp³-hybridized carbons (Fsp3) is 0.308. The zero-order chi connectivity index (χ0) is 12.5. The van der Waals surface area contributed by atoms with Crippen molar-refractivity contribution in [2.24, 2.45) is 4.99 Å². The molecule has 0 aliphatic carbocycles. The zero-order valence-electron chi connectivity index (χ0n) is 9.83. The van der Waals surface area contributed by atoms with Crippen molar-refractivity contribution < 1.29 is 0 Å². The first-order valence-electron chi connectivity index (χ1n) is 5.38. The molecule has 2 N–H and O–H groups in total. The standard InChI is InChI=1S/C13H16ClN3/c1-3-9-16-13(15-2)17-10-8-11-4-6-12(14)7-5-11/h1,4-7H,8-10H2,2H3,(H2,15,16,17). The molecule has 0 aliphatic rings. The van der Waals surface area contributed by atoms with Crippen LogP contribution in [0.1, 0.15) is 5.56 Å². The van der Waals surface area contributed by atoms with Crippen LogP contribution in [0.5, 0.6) is 0 Å². The molecular weight excluding hydrogens is 234 g/mol. The minimum absolute atomic E-state index is 0.473. The van der Waals surface area contributed by atoms with Gasteiger partial charge in [-0.2, -0.15) is 0 Å². The summed E-state index contributed by atoms with van der Waals surface area (Å²) in [6, 6.07) is 7.81. The van der Waals surface area contributed by atoms with Crippen LogP contribution in [0.4, 0.5) is 0 Å². The van der Waals surface area contributed by atoms with E-state index in [4.69, 9.17) is 18.0 Å². The Kier molecular flexibility index (Phi) is 5.98. The van der Waals surface area contributed by atoms with Gasteiger partial charge in [0.05, 0.1) is 6.54 Å². The number of guanidine groups is 1. The SMILES string of the molecule is C#CCNC(=NC)NCCc1ccc(Cl)cc1. The van der Waals surface area contributed by atoms with E-state index in [0.717, 1.165) is 23.9 Å². The smallest absolute Gasteiger partial charge is 0.191 e. The summed E-state index contributed by atoms with van der Waals surface area (Å²) in [7, 11) is 1.72. The van der Waals surface area contributed by atoms with Crippen LogP contribution >= 0.6 is 11.6 Å². The first-order valence-corrected chi connectivity index (χ1v) is 5.76. The van der Waals surface area contributed by atoms with Crippen LogP contribution in [0.15, 0.2) is 29.3 Å². The van der Waals surface area contributed by atoms with Gasteiger partial charge in [-0.3, -0.25) is 4.99 Å². The third kappa shape index (κ3) is 5.28. The minimum atomic E-state index is 0.473. The fourth-order valence-corrected chi connectivity index (χ4v) is 1.46. The van der Waals surface area contributed by atoms with E-state index in [2.05, 4.69) is 21.5 Å². The number of rotatable bonds is 4. The molecule has 0 spiro atoms. The van der Waals surface area contributed by atoms with Crippen molar-refractivity contribution >= 4 is 17.6 Å². The summed E-state index contributed by atoms with van der Waals surface area (Å²) in [4.78, 5) is 4.05. The summed E-state index contributed by atoms with van der Waals surface area (Å²) in [5.41, 5.74) is 1.23. The molecule has 0 aromatic heterocycles. The first-order chi connectivity index (χ1) is 8.26. The molecule has 0 radical (unpaired) electrons. The first kappa shape index (κ1) is 13.4. The average Bonchev–Trinajstić information content (AvgIpc) is 2.36. The molecule has 0 aliphatic heterocycles. The van der Waals surface area contributed by atoms with Gasteiger partial charge in [0.15, 0.2) is 5.96 Å². The Morgan fingerprint density at radius 1 is 1.35 bits per heavy atom. The highest BCUT2D eigenvalue weighted by molar-refractivity contribution is 6.30. The van der Waals surface area contributed by atoms with Crippen LogP contribution < -0.4 is 10.6 Å². The fourth-order valence-electron chi connectivity index (χ4n) is 1.33. The normalized spacial score (nSPS) is 10.8. The number of benzene rings is 1. The molecule has 0 unspecified atom stereocenters. The lowest BCUT2D eigenvalue weighted by atomic mass is 10.1. The van der Waals surface area contributed by atoms with Gasteiger partial charge in [0, 0.05) is 18.6 Å². The molecule has 1 rings (SSSR count). The van der Waals surface area contributed by atoms with Crippen molar-refractivity contribution in [1.29, 1.82) is 0 Å². The van der Waals surface area contributed by atoms with E-state index in [1.807, 2.05) is 24.3 Å². The number of aliphatic imine (C=N–C) groups is 1. The molecule has 0 atom stereocenters. The highest BCUT2D eigenvalue weighted by atomic mass is 35.5. The van der Waals surface area contributed by atoms with Crippen molar-refractivity contribution in [3.05, 3.63) is 34.9 Å². The second kappa shape index (κ2) is 7.59. The van der Waals surface area contributed by atoms with Gasteiger partial charge in [0.25, 0.3) is 0 Å². The van der Waals surface area contributed by atoms with Gasteiger partial charge in [-0.25, -0.2) is 0 Å². The maximum atomic E-state index is 5.81. The molecule has 4 heteroatoms. The number of hydrogen-bond donors (Lipinski definition) is 2. The molecule has 17 heavy (non-hydrogen) atoms. The predicted molar refractivity (Wildman–Crippen MR) is 73.4 cm³/mol. The summed E-state index contributed by atoms with van der Waals surface area (Å²) in [5.74, 6) is 3.22. The van der Waals surface area contributed by atoms with E-state index >= 15 is 0 Å². The van der Waals surface area contributed by atoms with E-state index in [1.165, 1.54) is 5.56 Å². The number of nitrogens with zero attached hydrogens (tertiary/aromatic N) is 1. The van der Waals surface area contributed by atoms with Gasteiger partial charge in [0.2, 0.25) is 0 Å². The third-order valence-electron chi connectivity index (χ3n) is 2.20. The molecule has 0 fully saturated rings. The second-order valence-corrected chi connectivity index (χ2v) is 3.87. The molecule has 0 heterocycles. The number of nitrogens with one attached hydrogen (secondary N) is 2. The molecule has 0 saturated heterocycles. The Bertz CT molecular complexity index is 404. The molecule has 90 valence electrons. The van der Waals surface area contributed by atoms with Gasteiger partial charge in [-0.05, 0) is 24.1 Å². The van der Waals surface area contributed by atoms with Crippen molar-refractivity contribution in [3.63, 3.8) is 0 Å². The predicted octanol–water partition coefficient (Wildman–Crippen LogP) is 1.68. The van der Waals surface area contributed by atoms with Gasteiger partial charge < -0.3 is 10.6 Å². The highest BCUT2D eigenvalue weighted by Gasteiger charge is 1.96. The Balaban J connectivity index is 2.32. The van der Waals surface area contributed by atoms with E-state index in [9.17, 15) is 0 Å². The van der Waals surface area contributed by atoms with E-state index in [0.29, 0.717) is 6.54 Å². The number of halogens is 1. The number of hydrogen-bond acceptors (Lipinski definition) is 1. The van der Waals surface area contributed by atoms with Crippen LogP contribution in [0.3, 0.4) is 0 Å². The molecule has 0 amide bonds. The second-order valence-electron chi connectivity index (χ2n) is 3.43. The average molecular weight is 250 g/mol. The topological polar surface area (TPSA) is 36.4 Å². The lowest BCUT2D eigenvalue weighted by Crippen LogP contribution is -2.38. The lowest BCUT2D eigenvalue weighted by molar-refractivity contribution is 0.824. The summed E-state index contributed by atoms with van der Waals surface area (Å²) >= 11 is 5.81. The highest BCUT2D eigenvalue weighted by Crippen LogP contribution is 2.09. The third-order valence-corrected chi connectivity index (χ3v) is 2.45. The van der Waals surface area contributed by atoms with Crippen LogP contribution in [-0.2, 0) is 6.42 Å². The van der Waals surface area contributed by atoms with Crippen molar-refractivity contribution in [3.8, 4) is 12.3 Å². The Morgan fingerprint density at radius 2 is 2.06 bits per heavy atom. The quantitative estimate of drug-likeness (QED) is 0.484. The molecule has 0 saturated carbocycles. The molecule has 1 aromatic rings. The van der Waals surface area contributed by atoms with Crippen LogP contribution in [-0.4, -0.2) is 26.1 Å². The minimum Gasteiger partial charge on any atom is -0.356 e. The molecular formula is C13H16ClN3. The van der Waals surface area contributed by atoms with Gasteiger partial charge in [-0.15, -0.1) is 6.42 Å². The van der Waals surface area contributed by atoms with Crippen LogP contribution in [0, 0.1) is 12.3 Å². The van der Waals surface area contributed by atoms with Gasteiger partial charge in [0.1, 0.15) is 0 Å². The molecule has 0 bridgehead atoms. The maximum absolute atomic E-state index is 5.81. The largest absolute Gasteiger partial charge is 0.356 e. The van der Waals surface area contributed by atoms with Crippen LogP contribution in [0.25, 0.3) is 0 Å². The number of terminal acetylenes is 1. The Hall–Kier alpha value is -1.66. The van der Waals surface area contributed by atoms with E-state index in [1.54, 1.807) is 7.05 Å². The van der Waals surface area contributed by atoms with Crippen LogP contribution in [0.2, 0.25) is 5.02 Å². The molecule has 3 nitrogen and oxygen atoms in total. The summed E-state index contributed by atoms with van der Waals surface area (Å²) in [5, 5.41) is 6.93. The van der Waals surface area contributed by atoms with Gasteiger partial charge >= 0.3 is 0 Å².